The standard InChI is InChI=1S/C16H21N3O/c1-10-14(11(2)19(3)18-10)9-15(20)13-7-6-12-5-4-8-17-16(12)13/h4-5,8,13,15,20H,6-7,9H2,1-3H3. The Bertz CT molecular complexity index is 633. The van der Waals surface area contributed by atoms with Gasteiger partial charge in [-0.1, -0.05) is 6.07 Å². The highest BCUT2D eigenvalue weighted by Gasteiger charge is 2.30. The molecule has 0 aliphatic heterocycles. The first-order chi connectivity index (χ1) is 9.58. The number of nitrogens with zero attached hydrogens (tertiary/aromatic N) is 3. The van der Waals surface area contributed by atoms with Crippen molar-refractivity contribution in [2.24, 2.45) is 7.05 Å². The summed E-state index contributed by atoms with van der Waals surface area (Å²) in [6.45, 7) is 4.07. The quantitative estimate of drug-likeness (QED) is 0.929. The molecule has 0 bridgehead atoms. The van der Waals surface area contributed by atoms with Gasteiger partial charge < -0.3 is 5.11 Å². The third-order valence-electron chi connectivity index (χ3n) is 4.54. The topological polar surface area (TPSA) is 50.9 Å². The van der Waals surface area contributed by atoms with Crippen LogP contribution in [0.1, 0.15) is 40.5 Å². The fourth-order valence-electron chi connectivity index (χ4n) is 3.28. The lowest BCUT2D eigenvalue weighted by molar-refractivity contribution is 0.141. The minimum atomic E-state index is -0.382. The lowest BCUT2D eigenvalue weighted by Gasteiger charge is -2.18. The average molecular weight is 271 g/mol. The van der Waals surface area contributed by atoms with E-state index in [0.717, 1.165) is 29.9 Å². The number of hydrogen-bond donors (Lipinski definition) is 1. The molecule has 1 aliphatic carbocycles. The van der Waals surface area contributed by atoms with Crippen LogP contribution >= 0.6 is 0 Å². The maximum atomic E-state index is 10.6. The number of rotatable bonds is 3. The summed E-state index contributed by atoms with van der Waals surface area (Å²) in [5.41, 5.74) is 5.70. The van der Waals surface area contributed by atoms with E-state index in [-0.39, 0.29) is 12.0 Å². The van der Waals surface area contributed by atoms with Gasteiger partial charge in [0.25, 0.3) is 0 Å². The van der Waals surface area contributed by atoms with Gasteiger partial charge in [0.1, 0.15) is 0 Å². The molecule has 20 heavy (non-hydrogen) atoms. The number of aliphatic hydroxyl groups is 1. The van der Waals surface area contributed by atoms with Crippen LogP contribution in [0.15, 0.2) is 18.3 Å². The molecule has 0 saturated heterocycles. The molecule has 1 N–H and O–H groups in total. The first-order valence-electron chi connectivity index (χ1n) is 7.19. The van der Waals surface area contributed by atoms with Gasteiger partial charge in [0, 0.05) is 37.0 Å². The second-order valence-corrected chi connectivity index (χ2v) is 5.74. The van der Waals surface area contributed by atoms with Crippen LogP contribution in [0.25, 0.3) is 0 Å². The van der Waals surface area contributed by atoms with Gasteiger partial charge in [-0.2, -0.15) is 5.10 Å². The van der Waals surface area contributed by atoms with E-state index in [9.17, 15) is 5.11 Å². The van der Waals surface area contributed by atoms with Crippen molar-refractivity contribution in [3.05, 3.63) is 46.5 Å². The summed E-state index contributed by atoms with van der Waals surface area (Å²) < 4.78 is 1.89. The summed E-state index contributed by atoms with van der Waals surface area (Å²) in [6.07, 6.45) is 4.12. The number of aromatic nitrogens is 3. The number of aryl methyl sites for hydroxylation is 3. The second kappa shape index (κ2) is 5.02. The van der Waals surface area contributed by atoms with Crippen molar-refractivity contribution in [3.8, 4) is 0 Å². The molecule has 0 spiro atoms. The maximum absolute atomic E-state index is 10.6. The molecule has 0 aromatic carbocycles. The number of pyridine rings is 1. The Kier molecular flexibility index (Phi) is 3.34. The van der Waals surface area contributed by atoms with Crippen LogP contribution in [0.3, 0.4) is 0 Å². The van der Waals surface area contributed by atoms with E-state index in [4.69, 9.17) is 0 Å². The molecule has 2 aromatic rings. The lowest BCUT2D eigenvalue weighted by Crippen LogP contribution is -2.20. The Morgan fingerprint density at radius 3 is 2.95 bits per heavy atom. The van der Waals surface area contributed by atoms with E-state index in [1.54, 1.807) is 0 Å². The van der Waals surface area contributed by atoms with Crippen molar-refractivity contribution in [2.45, 2.75) is 45.1 Å². The van der Waals surface area contributed by atoms with Crippen molar-refractivity contribution in [2.75, 3.05) is 0 Å². The second-order valence-electron chi connectivity index (χ2n) is 5.74. The third-order valence-corrected chi connectivity index (χ3v) is 4.54. The van der Waals surface area contributed by atoms with E-state index < -0.39 is 0 Å². The predicted molar refractivity (Wildman–Crippen MR) is 77.7 cm³/mol. The van der Waals surface area contributed by atoms with Crippen LogP contribution < -0.4 is 0 Å². The fraction of sp³-hybridized carbons (Fsp3) is 0.500. The Hall–Kier alpha value is -1.68. The molecule has 2 unspecified atom stereocenters. The number of hydrogen-bond acceptors (Lipinski definition) is 3. The monoisotopic (exact) mass is 271 g/mol. The van der Waals surface area contributed by atoms with Gasteiger partial charge in [0.15, 0.2) is 0 Å². The molecule has 2 atom stereocenters. The molecule has 2 aromatic heterocycles. The Morgan fingerprint density at radius 1 is 1.45 bits per heavy atom. The van der Waals surface area contributed by atoms with Crippen LogP contribution in [0.4, 0.5) is 0 Å². The van der Waals surface area contributed by atoms with Crippen molar-refractivity contribution >= 4 is 0 Å². The summed E-state index contributed by atoms with van der Waals surface area (Å²) in [4.78, 5) is 4.47. The first kappa shape index (κ1) is 13.3. The summed E-state index contributed by atoms with van der Waals surface area (Å²) in [6, 6.07) is 4.10. The van der Waals surface area contributed by atoms with Gasteiger partial charge in [0.05, 0.1) is 11.8 Å². The van der Waals surface area contributed by atoms with Crippen molar-refractivity contribution in [3.63, 3.8) is 0 Å². The Balaban J connectivity index is 1.83. The molecule has 0 radical (unpaired) electrons. The zero-order chi connectivity index (χ0) is 14.3. The summed E-state index contributed by atoms with van der Waals surface area (Å²) >= 11 is 0. The summed E-state index contributed by atoms with van der Waals surface area (Å²) in [7, 11) is 1.95. The Labute approximate surface area is 119 Å². The molecular weight excluding hydrogens is 250 g/mol. The molecule has 0 fully saturated rings. The van der Waals surface area contributed by atoms with Gasteiger partial charge in [-0.3, -0.25) is 9.67 Å². The van der Waals surface area contributed by atoms with Gasteiger partial charge in [-0.05, 0) is 43.9 Å². The summed E-state index contributed by atoms with van der Waals surface area (Å²) in [5.74, 6) is 0.158. The van der Waals surface area contributed by atoms with Crippen LogP contribution in [0.5, 0.6) is 0 Å². The highest BCUT2D eigenvalue weighted by Crippen LogP contribution is 2.35. The molecule has 3 rings (SSSR count). The average Bonchev–Trinajstić information content (AvgIpc) is 2.96. The fourth-order valence-corrected chi connectivity index (χ4v) is 3.28. The number of aliphatic hydroxyl groups excluding tert-OH is 1. The largest absolute Gasteiger partial charge is 0.392 e. The van der Waals surface area contributed by atoms with E-state index >= 15 is 0 Å². The highest BCUT2D eigenvalue weighted by molar-refractivity contribution is 5.31. The first-order valence-corrected chi connectivity index (χ1v) is 7.19. The zero-order valence-electron chi connectivity index (χ0n) is 12.3. The molecule has 4 heteroatoms. The van der Waals surface area contributed by atoms with Crippen LogP contribution in [-0.4, -0.2) is 26.0 Å². The molecular formula is C16H21N3O. The maximum Gasteiger partial charge on any atom is 0.0665 e. The van der Waals surface area contributed by atoms with Crippen LogP contribution in [-0.2, 0) is 19.9 Å². The van der Waals surface area contributed by atoms with Crippen molar-refractivity contribution in [1.29, 1.82) is 0 Å². The zero-order valence-corrected chi connectivity index (χ0v) is 12.3. The molecule has 4 nitrogen and oxygen atoms in total. The van der Waals surface area contributed by atoms with E-state index in [1.165, 1.54) is 11.1 Å². The van der Waals surface area contributed by atoms with Crippen LogP contribution in [0, 0.1) is 13.8 Å². The minimum Gasteiger partial charge on any atom is -0.392 e. The normalized spacial score (nSPS) is 19.1. The van der Waals surface area contributed by atoms with E-state index in [0.29, 0.717) is 6.42 Å². The molecule has 1 aliphatic rings. The van der Waals surface area contributed by atoms with Gasteiger partial charge in [-0.15, -0.1) is 0 Å². The van der Waals surface area contributed by atoms with E-state index in [2.05, 4.69) is 23.1 Å². The molecule has 106 valence electrons. The Morgan fingerprint density at radius 2 is 2.25 bits per heavy atom. The molecule has 0 saturated carbocycles. The van der Waals surface area contributed by atoms with Gasteiger partial charge in [-0.25, -0.2) is 0 Å². The van der Waals surface area contributed by atoms with Gasteiger partial charge in [0.2, 0.25) is 0 Å². The number of fused-ring (bicyclic) bond motifs is 1. The van der Waals surface area contributed by atoms with Crippen molar-refractivity contribution in [1.82, 2.24) is 14.8 Å². The van der Waals surface area contributed by atoms with Gasteiger partial charge >= 0.3 is 0 Å². The van der Waals surface area contributed by atoms with Crippen molar-refractivity contribution < 1.29 is 5.11 Å². The highest BCUT2D eigenvalue weighted by atomic mass is 16.3. The predicted octanol–water partition coefficient (Wildman–Crippen LogP) is 2.07. The summed E-state index contributed by atoms with van der Waals surface area (Å²) in [5, 5.41) is 15.1. The molecule has 0 amide bonds. The molecule has 2 heterocycles. The van der Waals surface area contributed by atoms with E-state index in [1.807, 2.05) is 30.9 Å². The third kappa shape index (κ3) is 2.14. The lowest BCUT2D eigenvalue weighted by atomic mass is 9.93. The SMILES string of the molecule is Cc1nn(C)c(C)c1CC(O)C1CCc2cccnc21. The minimum absolute atomic E-state index is 0.158. The smallest absolute Gasteiger partial charge is 0.0665 e. The van der Waals surface area contributed by atoms with Crippen LogP contribution in [0.2, 0.25) is 0 Å².